The number of nitrogen functional groups attached to an aromatic ring is 1. The van der Waals surface area contributed by atoms with Crippen molar-refractivity contribution < 1.29 is 19.4 Å². The van der Waals surface area contributed by atoms with E-state index in [0.717, 1.165) is 0 Å². The quantitative estimate of drug-likeness (QED) is 0.738. The van der Waals surface area contributed by atoms with Gasteiger partial charge in [-0.3, -0.25) is 9.59 Å². The summed E-state index contributed by atoms with van der Waals surface area (Å²) < 4.78 is 5.27. The average molecular weight is 280 g/mol. The highest BCUT2D eigenvalue weighted by molar-refractivity contribution is 5.97. The highest BCUT2D eigenvalue weighted by Crippen LogP contribution is 2.23. The zero-order valence-corrected chi connectivity index (χ0v) is 11.7. The first-order chi connectivity index (χ1) is 9.41. The fraction of sp³-hybridized carbons (Fsp3) is 0.429. The minimum absolute atomic E-state index is 0.0594. The van der Waals surface area contributed by atoms with Crippen LogP contribution in [-0.2, 0) is 14.3 Å². The second-order valence-corrected chi connectivity index (χ2v) is 4.61. The fourth-order valence-electron chi connectivity index (χ4n) is 1.64. The van der Waals surface area contributed by atoms with Crippen molar-refractivity contribution in [3.05, 3.63) is 24.3 Å². The Hall–Kier alpha value is -2.08. The van der Waals surface area contributed by atoms with Gasteiger partial charge in [0, 0.05) is 6.54 Å². The van der Waals surface area contributed by atoms with E-state index in [1.165, 1.54) is 4.90 Å². The van der Waals surface area contributed by atoms with Crippen LogP contribution in [0.5, 0.6) is 0 Å². The molecule has 0 aromatic heterocycles. The first kappa shape index (κ1) is 16.0. The summed E-state index contributed by atoms with van der Waals surface area (Å²) in [4.78, 5) is 24.2. The van der Waals surface area contributed by atoms with Crippen molar-refractivity contribution in [3.63, 3.8) is 0 Å². The Kier molecular flexibility index (Phi) is 5.99. The minimum atomic E-state index is -0.970. The van der Waals surface area contributed by atoms with Crippen LogP contribution in [0.15, 0.2) is 24.3 Å². The highest BCUT2D eigenvalue weighted by Gasteiger charge is 2.19. The van der Waals surface area contributed by atoms with Gasteiger partial charge < -0.3 is 20.5 Å². The number of carbonyl (C=O) groups excluding carboxylic acids is 1. The van der Waals surface area contributed by atoms with Crippen molar-refractivity contribution in [2.75, 3.05) is 23.8 Å². The van der Waals surface area contributed by atoms with Crippen molar-refractivity contribution in [1.82, 2.24) is 0 Å². The molecule has 0 radical (unpaired) electrons. The van der Waals surface area contributed by atoms with Gasteiger partial charge in [0.15, 0.2) is 0 Å². The van der Waals surface area contributed by atoms with E-state index in [1.54, 1.807) is 24.3 Å². The van der Waals surface area contributed by atoms with Gasteiger partial charge in [-0.15, -0.1) is 0 Å². The molecule has 0 saturated carbocycles. The van der Waals surface area contributed by atoms with Gasteiger partial charge in [-0.2, -0.15) is 0 Å². The largest absolute Gasteiger partial charge is 0.481 e. The Labute approximate surface area is 118 Å². The molecule has 110 valence electrons. The van der Waals surface area contributed by atoms with Crippen LogP contribution in [0.2, 0.25) is 0 Å². The topological polar surface area (TPSA) is 92.9 Å². The summed E-state index contributed by atoms with van der Waals surface area (Å²) in [5, 5.41) is 8.78. The number of hydrogen-bond donors (Lipinski definition) is 2. The van der Waals surface area contributed by atoms with Crippen molar-refractivity contribution in [2.45, 2.75) is 26.4 Å². The maximum atomic E-state index is 12.2. The summed E-state index contributed by atoms with van der Waals surface area (Å²) >= 11 is 0. The van der Waals surface area contributed by atoms with E-state index in [9.17, 15) is 9.59 Å². The SMILES string of the molecule is CC(C)OCC(=O)N(CCC(=O)O)c1ccccc1N. The molecule has 1 amide bonds. The van der Waals surface area contributed by atoms with Crippen molar-refractivity contribution in [3.8, 4) is 0 Å². The monoisotopic (exact) mass is 280 g/mol. The number of nitrogens with two attached hydrogens (primary N) is 1. The molecule has 0 saturated heterocycles. The number of rotatable bonds is 7. The van der Waals surface area contributed by atoms with Gasteiger partial charge in [0.1, 0.15) is 6.61 Å². The molecule has 0 heterocycles. The van der Waals surface area contributed by atoms with E-state index >= 15 is 0 Å². The summed E-state index contributed by atoms with van der Waals surface area (Å²) in [5.41, 5.74) is 6.77. The number of nitrogens with zero attached hydrogens (tertiary/aromatic N) is 1. The van der Waals surface area contributed by atoms with Crippen LogP contribution in [0.4, 0.5) is 11.4 Å². The number of carbonyl (C=O) groups is 2. The lowest BCUT2D eigenvalue weighted by atomic mass is 10.2. The number of aliphatic carboxylic acids is 1. The van der Waals surface area contributed by atoms with Gasteiger partial charge in [0.25, 0.3) is 5.91 Å². The van der Waals surface area contributed by atoms with E-state index in [2.05, 4.69) is 0 Å². The maximum absolute atomic E-state index is 12.2. The van der Waals surface area contributed by atoms with E-state index in [4.69, 9.17) is 15.6 Å². The zero-order chi connectivity index (χ0) is 15.1. The van der Waals surface area contributed by atoms with Gasteiger partial charge in [-0.1, -0.05) is 12.1 Å². The smallest absolute Gasteiger partial charge is 0.305 e. The molecule has 0 unspecified atom stereocenters. The molecule has 1 rings (SSSR count). The Morgan fingerprint density at radius 1 is 1.35 bits per heavy atom. The molecule has 20 heavy (non-hydrogen) atoms. The van der Waals surface area contributed by atoms with Crippen LogP contribution >= 0.6 is 0 Å². The lowest BCUT2D eigenvalue weighted by Crippen LogP contribution is -2.36. The normalized spacial score (nSPS) is 10.6. The number of carboxylic acid groups (broad SMARTS) is 1. The predicted molar refractivity (Wildman–Crippen MR) is 76.5 cm³/mol. The van der Waals surface area contributed by atoms with Crippen molar-refractivity contribution >= 4 is 23.3 Å². The van der Waals surface area contributed by atoms with Crippen LogP contribution < -0.4 is 10.6 Å². The number of ether oxygens (including phenoxy) is 1. The summed E-state index contributed by atoms with van der Waals surface area (Å²) in [6.45, 7) is 3.60. The number of para-hydroxylation sites is 2. The summed E-state index contributed by atoms with van der Waals surface area (Å²) in [6, 6.07) is 6.85. The molecule has 1 aromatic rings. The summed E-state index contributed by atoms with van der Waals surface area (Å²) in [6.07, 6.45) is -0.227. The Morgan fingerprint density at radius 2 is 2.00 bits per heavy atom. The molecule has 0 fully saturated rings. The molecule has 6 heteroatoms. The predicted octanol–water partition coefficient (Wildman–Crippen LogP) is 1.50. The fourth-order valence-corrected chi connectivity index (χ4v) is 1.64. The second kappa shape index (κ2) is 7.49. The molecule has 1 aromatic carbocycles. The van der Waals surface area contributed by atoms with Crippen LogP contribution in [0, 0.1) is 0 Å². The van der Waals surface area contributed by atoms with Crippen LogP contribution in [0.3, 0.4) is 0 Å². The lowest BCUT2D eigenvalue weighted by Gasteiger charge is -2.24. The highest BCUT2D eigenvalue weighted by atomic mass is 16.5. The number of hydrogen-bond acceptors (Lipinski definition) is 4. The van der Waals surface area contributed by atoms with Crippen molar-refractivity contribution in [1.29, 1.82) is 0 Å². The third-order valence-corrected chi connectivity index (χ3v) is 2.62. The van der Waals surface area contributed by atoms with Crippen LogP contribution in [0.1, 0.15) is 20.3 Å². The first-order valence-corrected chi connectivity index (χ1v) is 6.40. The van der Waals surface area contributed by atoms with Gasteiger partial charge in [-0.05, 0) is 26.0 Å². The zero-order valence-electron chi connectivity index (χ0n) is 11.7. The van der Waals surface area contributed by atoms with Crippen LogP contribution in [0.25, 0.3) is 0 Å². The molecule has 6 nitrogen and oxygen atoms in total. The molecule has 0 spiro atoms. The Balaban J connectivity index is 2.87. The Bertz CT molecular complexity index is 474. The third-order valence-electron chi connectivity index (χ3n) is 2.62. The first-order valence-electron chi connectivity index (χ1n) is 6.40. The van der Waals surface area contributed by atoms with E-state index in [-0.39, 0.29) is 31.6 Å². The molecule has 0 aliphatic heterocycles. The van der Waals surface area contributed by atoms with Gasteiger partial charge in [0.05, 0.1) is 23.9 Å². The molecule has 0 aliphatic carbocycles. The number of anilines is 2. The standard InChI is InChI=1S/C14H20N2O4/c1-10(2)20-9-13(17)16(8-7-14(18)19)12-6-4-3-5-11(12)15/h3-6,10H,7-9,15H2,1-2H3,(H,18,19). The molecule has 0 atom stereocenters. The van der Waals surface area contributed by atoms with Gasteiger partial charge >= 0.3 is 5.97 Å². The Morgan fingerprint density at radius 3 is 2.55 bits per heavy atom. The van der Waals surface area contributed by atoms with Gasteiger partial charge in [-0.25, -0.2) is 0 Å². The minimum Gasteiger partial charge on any atom is -0.481 e. The van der Waals surface area contributed by atoms with E-state index < -0.39 is 5.97 Å². The van der Waals surface area contributed by atoms with Gasteiger partial charge in [0.2, 0.25) is 0 Å². The third kappa shape index (κ3) is 4.89. The molecular formula is C14H20N2O4. The molecular weight excluding hydrogens is 260 g/mol. The number of amides is 1. The van der Waals surface area contributed by atoms with E-state index in [1.807, 2.05) is 13.8 Å². The number of benzene rings is 1. The molecule has 0 aliphatic rings. The summed E-state index contributed by atoms with van der Waals surface area (Å²) in [7, 11) is 0. The van der Waals surface area contributed by atoms with Crippen LogP contribution in [-0.4, -0.2) is 36.2 Å². The molecule has 3 N–H and O–H groups in total. The second-order valence-electron chi connectivity index (χ2n) is 4.61. The molecule has 0 bridgehead atoms. The lowest BCUT2D eigenvalue weighted by molar-refractivity contribution is -0.136. The average Bonchev–Trinajstić information content (AvgIpc) is 2.38. The van der Waals surface area contributed by atoms with Crippen molar-refractivity contribution in [2.24, 2.45) is 0 Å². The summed E-state index contributed by atoms with van der Waals surface area (Å²) in [5.74, 6) is -1.28. The maximum Gasteiger partial charge on any atom is 0.305 e. The van der Waals surface area contributed by atoms with E-state index in [0.29, 0.717) is 11.4 Å². The number of carboxylic acids is 1.